The van der Waals surface area contributed by atoms with Crippen molar-refractivity contribution in [2.24, 2.45) is 5.92 Å². The van der Waals surface area contributed by atoms with Gasteiger partial charge in [-0.25, -0.2) is 13.6 Å². The van der Waals surface area contributed by atoms with Crippen LogP contribution in [0.1, 0.15) is 31.2 Å². The van der Waals surface area contributed by atoms with Crippen molar-refractivity contribution < 1.29 is 23.4 Å². The largest absolute Gasteiger partial charge is 0.459 e. The van der Waals surface area contributed by atoms with Crippen molar-refractivity contribution in [3.8, 4) is 0 Å². The molecule has 1 aromatic rings. The van der Waals surface area contributed by atoms with Gasteiger partial charge >= 0.3 is 5.97 Å². The lowest BCUT2D eigenvalue weighted by molar-refractivity contribution is -0.179. The maximum absolute atomic E-state index is 13.7. The average Bonchev–Trinajstić information content (AvgIpc) is 3.16. The molecular weight excluding hydrogens is 340 g/mol. The quantitative estimate of drug-likeness (QED) is 0.812. The monoisotopic (exact) mass is 359 g/mol. The van der Waals surface area contributed by atoms with Crippen molar-refractivity contribution in [3.05, 3.63) is 34.9 Å². The third-order valence-corrected chi connectivity index (χ3v) is 5.13. The molecule has 0 radical (unpaired) electrons. The Balaban J connectivity index is 1.90. The molecule has 3 atom stereocenters. The van der Waals surface area contributed by atoms with Crippen molar-refractivity contribution >= 4 is 17.6 Å². The van der Waals surface area contributed by atoms with Crippen molar-refractivity contribution in [1.82, 2.24) is 5.32 Å². The molecular formula is C17H20ClF2NO3. The molecule has 0 unspecified atom stereocenters. The molecule has 0 spiro atoms. The predicted molar refractivity (Wildman–Crippen MR) is 85.0 cm³/mol. The second-order valence-electron chi connectivity index (χ2n) is 6.59. The number of esters is 1. The molecule has 2 aliphatic rings. The summed E-state index contributed by atoms with van der Waals surface area (Å²) < 4.78 is 32.8. The zero-order valence-electron chi connectivity index (χ0n) is 13.1. The molecule has 0 aromatic heterocycles. The fraction of sp³-hybridized carbons (Fsp3) is 0.588. The van der Waals surface area contributed by atoms with Gasteiger partial charge in [0.15, 0.2) is 5.60 Å². The highest BCUT2D eigenvalue weighted by Crippen LogP contribution is 2.48. The molecule has 132 valence electrons. The summed E-state index contributed by atoms with van der Waals surface area (Å²) >= 11 is 5.86. The van der Waals surface area contributed by atoms with Crippen LogP contribution in [0.15, 0.2) is 24.3 Å². The summed E-state index contributed by atoms with van der Waals surface area (Å²) in [6, 6.07) is 6.04. The first-order valence-electron chi connectivity index (χ1n) is 8.09. The Hall–Kier alpha value is -1.24. The number of alkyl halides is 2. The summed E-state index contributed by atoms with van der Waals surface area (Å²) in [5.74, 6) is -4.63. The number of carbonyl (C=O) groups excluding carboxylic acids is 1. The van der Waals surface area contributed by atoms with Crippen LogP contribution >= 0.6 is 11.6 Å². The van der Waals surface area contributed by atoms with Crippen LogP contribution in [0.2, 0.25) is 5.02 Å². The highest BCUT2D eigenvalue weighted by atomic mass is 35.5. The fourth-order valence-corrected chi connectivity index (χ4v) is 3.63. The van der Waals surface area contributed by atoms with Gasteiger partial charge in [-0.15, -0.1) is 0 Å². The van der Waals surface area contributed by atoms with Gasteiger partial charge in [0.05, 0.1) is 0 Å². The van der Waals surface area contributed by atoms with Crippen molar-refractivity contribution in [3.63, 3.8) is 0 Å². The molecule has 1 aromatic carbocycles. The Morgan fingerprint density at radius 3 is 2.58 bits per heavy atom. The van der Waals surface area contributed by atoms with E-state index in [0.717, 1.165) is 6.54 Å². The first-order chi connectivity index (χ1) is 11.3. The first-order valence-corrected chi connectivity index (χ1v) is 8.47. The van der Waals surface area contributed by atoms with E-state index in [0.29, 0.717) is 18.0 Å². The highest BCUT2D eigenvalue weighted by molar-refractivity contribution is 6.30. The zero-order chi connectivity index (χ0) is 17.4. The molecule has 1 saturated heterocycles. The molecule has 4 nitrogen and oxygen atoms in total. The van der Waals surface area contributed by atoms with E-state index in [1.165, 1.54) is 24.3 Å². The Bertz CT molecular complexity index is 604. The van der Waals surface area contributed by atoms with Gasteiger partial charge in [-0.05, 0) is 37.1 Å². The van der Waals surface area contributed by atoms with Crippen LogP contribution in [0.25, 0.3) is 0 Å². The van der Waals surface area contributed by atoms with E-state index >= 15 is 0 Å². The number of benzene rings is 1. The molecule has 3 rings (SSSR count). The summed E-state index contributed by atoms with van der Waals surface area (Å²) in [5, 5.41) is 14.7. The lowest BCUT2D eigenvalue weighted by Crippen LogP contribution is -2.45. The molecule has 24 heavy (non-hydrogen) atoms. The summed E-state index contributed by atoms with van der Waals surface area (Å²) in [6.45, 7) is 1.22. The van der Waals surface area contributed by atoms with E-state index in [-0.39, 0.29) is 24.5 Å². The Kier molecular flexibility index (Phi) is 4.82. The van der Waals surface area contributed by atoms with Gasteiger partial charge in [-0.2, -0.15) is 0 Å². The number of carbonyl (C=O) groups is 1. The summed E-state index contributed by atoms with van der Waals surface area (Å²) in [6.07, 6.45) is -0.526. The van der Waals surface area contributed by atoms with Gasteiger partial charge in [-0.1, -0.05) is 23.7 Å². The van der Waals surface area contributed by atoms with Gasteiger partial charge < -0.3 is 15.2 Å². The maximum atomic E-state index is 13.7. The molecule has 2 N–H and O–H groups in total. The van der Waals surface area contributed by atoms with Crippen molar-refractivity contribution in [2.45, 2.75) is 43.3 Å². The molecule has 0 bridgehead atoms. The lowest BCUT2D eigenvalue weighted by Gasteiger charge is -2.33. The van der Waals surface area contributed by atoms with Gasteiger partial charge in [-0.3, -0.25) is 0 Å². The van der Waals surface area contributed by atoms with Crippen LogP contribution in [0.3, 0.4) is 0 Å². The minimum Gasteiger partial charge on any atom is -0.459 e. The normalized spacial score (nSPS) is 28.5. The molecule has 1 saturated carbocycles. The van der Waals surface area contributed by atoms with Crippen LogP contribution in [0.4, 0.5) is 8.78 Å². The maximum Gasteiger partial charge on any atom is 0.343 e. The highest BCUT2D eigenvalue weighted by Gasteiger charge is 2.54. The molecule has 0 amide bonds. The van der Waals surface area contributed by atoms with Crippen LogP contribution < -0.4 is 5.32 Å². The number of hydrogen-bond donors (Lipinski definition) is 2. The van der Waals surface area contributed by atoms with E-state index in [1.807, 2.05) is 0 Å². The van der Waals surface area contributed by atoms with Crippen LogP contribution in [-0.4, -0.2) is 36.2 Å². The SMILES string of the molecule is O=C(O[C@@H]1CCNC1)[C@](O)(c1ccc(Cl)cc1)[C@@H]1CCC(F)(F)C1. The molecule has 7 heteroatoms. The smallest absolute Gasteiger partial charge is 0.343 e. The number of rotatable bonds is 4. The van der Waals surface area contributed by atoms with Gasteiger partial charge in [0.25, 0.3) is 0 Å². The van der Waals surface area contributed by atoms with E-state index in [4.69, 9.17) is 16.3 Å². The Labute approximate surface area is 144 Å². The second-order valence-corrected chi connectivity index (χ2v) is 7.03. The van der Waals surface area contributed by atoms with Crippen LogP contribution in [0, 0.1) is 5.92 Å². The van der Waals surface area contributed by atoms with E-state index in [9.17, 15) is 18.7 Å². The van der Waals surface area contributed by atoms with Gasteiger partial charge in [0, 0.05) is 30.3 Å². The Morgan fingerprint density at radius 1 is 1.33 bits per heavy atom. The average molecular weight is 360 g/mol. The minimum absolute atomic E-state index is 0.0597. The van der Waals surface area contributed by atoms with Crippen LogP contribution in [-0.2, 0) is 15.1 Å². The minimum atomic E-state index is -2.87. The molecule has 1 heterocycles. The number of nitrogens with one attached hydrogen (secondary N) is 1. The summed E-state index contributed by atoms with van der Waals surface area (Å²) in [4.78, 5) is 12.7. The summed E-state index contributed by atoms with van der Waals surface area (Å²) in [5.41, 5.74) is -1.85. The molecule has 1 aliphatic carbocycles. The second kappa shape index (κ2) is 6.58. The van der Waals surface area contributed by atoms with E-state index < -0.39 is 29.8 Å². The number of aliphatic hydroxyl groups is 1. The van der Waals surface area contributed by atoms with E-state index in [1.54, 1.807) is 0 Å². The summed E-state index contributed by atoms with van der Waals surface area (Å²) in [7, 11) is 0. The third kappa shape index (κ3) is 3.41. The standard InChI is InChI=1S/C17H20ClF2NO3/c18-13-3-1-11(2-4-13)17(23,12-5-7-16(19,20)9-12)15(22)24-14-6-8-21-10-14/h1-4,12,14,21,23H,5-10H2/t12-,14-,17+/m1/s1. The fourth-order valence-electron chi connectivity index (χ4n) is 3.50. The zero-order valence-corrected chi connectivity index (χ0v) is 13.9. The topological polar surface area (TPSA) is 58.6 Å². The lowest BCUT2D eigenvalue weighted by atomic mass is 9.80. The van der Waals surface area contributed by atoms with Gasteiger partial charge in [0.1, 0.15) is 6.10 Å². The first kappa shape index (κ1) is 17.6. The molecule has 2 fully saturated rings. The predicted octanol–water partition coefficient (Wildman–Crippen LogP) is 2.87. The van der Waals surface area contributed by atoms with E-state index in [2.05, 4.69) is 5.32 Å². The van der Waals surface area contributed by atoms with Crippen molar-refractivity contribution in [2.75, 3.05) is 13.1 Å². The van der Waals surface area contributed by atoms with Gasteiger partial charge in [0.2, 0.25) is 5.92 Å². The Morgan fingerprint density at radius 2 is 2.04 bits per heavy atom. The van der Waals surface area contributed by atoms with Crippen LogP contribution in [0.5, 0.6) is 0 Å². The number of halogens is 3. The molecule has 1 aliphatic heterocycles. The number of ether oxygens (including phenoxy) is 1. The number of hydrogen-bond acceptors (Lipinski definition) is 4. The third-order valence-electron chi connectivity index (χ3n) is 4.88. The van der Waals surface area contributed by atoms with Crippen molar-refractivity contribution in [1.29, 1.82) is 0 Å².